The highest BCUT2D eigenvalue weighted by Gasteiger charge is 2.17. The molecule has 0 unspecified atom stereocenters. The van der Waals surface area contributed by atoms with Gasteiger partial charge in [0.25, 0.3) is 0 Å². The summed E-state index contributed by atoms with van der Waals surface area (Å²) in [6, 6.07) is 11.3. The number of hydrogen-bond donors (Lipinski definition) is 0. The summed E-state index contributed by atoms with van der Waals surface area (Å²) in [6.45, 7) is 0. The van der Waals surface area contributed by atoms with Crippen molar-refractivity contribution in [3.63, 3.8) is 0 Å². The molecule has 0 fully saturated rings. The second-order valence-electron chi connectivity index (χ2n) is 3.58. The molecule has 0 aliphatic heterocycles. The van der Waals surface area contributed by atoms with Crippen molar-refractivity contribution in [3.8, 4) is 0 Å². The van der Waals surface area contributed by atoms with Crippen molar-refractivity contribution in [3.05, 3.63) is 57.8 Å². The SMILES string of the molecule is O=C(c1ccc(Br)o1)c1csc2ccccc12. The first-order chi connectivity index (χ1) is 8.25. The Balaban J connectivity index is 2.13. The minimum atomic E-state index is -0.0758. The van der Waals surface area contributed by atoms with Gasteiger partial charge in [-0.3, -0.25) is 4.79 Å². The van der Waals surface area contributed by atoms with Crippen molar-refractivity contribution in [1.82, 2.24) is 0 Å². The first-order valence-electron chi connectivity index (χ1n) is 5.02. The number of hydrogen-bond acceptors (Lipinski definition) is 3. The lowest BCUT2D eigenvalue weighted by Crippen LogP contribution is -1.97. The van der Waals surface area contributed by atoms with E-state index in [2.05, 4.69) is 15.9 Å². The highest BCUT2D eigenvalue weighted by Crippen LogP contribution is 2.28. The average molecular weight is 307 g/mol. The number of ketones is 1. The van der Waals surface area contributed by atoms with Crippen molar-refractivity contribution >= 4 is 43.1 Å². The highest BCUT2D eigenvalue weighted by molar-refractivity contribution is 9.10. The topological polar surface area (TPSA) is 30.2 Å². The molecule has 0 radical (unpaired) electrons. The molecule has 1 aromatic carbocycles. The maximum atomic E-state index is 12.2. The summed E-state index contributed by atoms with van der Waals surface area (Å²) >= 11 is 4.77. The van der Waals surface area contributed by atoms with Gasteiger partial charge >= 0.3 is 0 Å². The summed E-state index contributed by atoms with van der Waals surface area (Å²) in [7, 11) is 0. The number of halogens is 1. The minimum absolute atomic E-state index is 0.0758. The normalized spacial score (nSPS) is 10.9. The maximum Gasteiger partial charge on any atom is 0.229 e. The summed E-state index contributed by atoms with van der Waals surface area (Å²) in [5.74, 6) is 0.286. The molecule has 84 valence electrons. The van der Waals surface area contributed by atoms with Crippen LogP contribution in [0.15, 0.2) is 50.9 Å². The Labute approximate surface area is 110 Å². The summed E-state index contributed by atoms with van der Waals surface area (Å²) in [5, 5.41) is 2.86. The molecule has 0 N–H and O–H groups in total. The molecule has 0 saturated heterocycles. The maximum absolute atomic E-state index is 12.2. The lowest BCUT2D eigenvalue weighted by molar-refractivity contribution is 0.101. The van der Waals surface area contributed by atoms with Gasteiger partial charge < -0.3 is 4.42 Å². The van der Waals surface area contributed by atoms with E-state index in [1.165, 1.54) is 0 Å². The van der Waals surface area contributed by atoms with Gasteiger partial charge in [-0.15, -0.1) is 11.3 Å². The van der Waals surface area contributed by atoms with Gasteiger partial charge in [0.2, 0.25) is 5.78 Å². The summed E-state index contributed by atoms with van der Waals surface area (Å²) in [6.07, 6.45) is 0. The van der Waals surface area contributed by atoms with Gasteiger partial charge in [0, 0.05) is 21.0 Å². The van der Waals surface area contributed by atoms with Crippen LogP contribution in [0.2, 0.25) is 0 Å². The molecule has 0 saturated carbocycles. The fourth-order valence-corrected chi connectivity index (χ4v) is 2.97. The van der Waals surface area contributed by atoms with Gasteiger partial charge in [0.05, 0.1) is 0 Å². The number of furan rings is 1. The Hall–Kier alpha value is -1.39. The van der Waals surface area contributed by atoms with Crippen LogP contribution in [0.1, 0.15) is 16.1 Å². The van der Waals surface area contributed by atoms with Crippen LogP contribution in [0.25, 0.3) is 10.1 Å². The molecule has 2 aromatic heterocycles. The molecule has 0 aliphatic carbocycles. The number of fused-ring (bicyclic) bond motifs is 1. The van der Waals surface area contributed by atoms with E-state index < -0.39 is 0 Å². The standard InChI is InChI=1S/C13H7BrO2S/c14-12-6-5-10(16-12)13(15)9-7-17-11-4-2-1-3-8(9)11/h1-7H. The third-order valence-corrected chi connectivity index (χ3v) is 3.91. The molecule has 2 nitrogen and oxygen atoms in total. The summed E-state index contributed by atoms with van der Waals surface area (Å²) < 4.78 is 6.97. The van der Waals surface area contributed by atoms with E-state index in [4.69, 9.17) is 4.42 Å². The Morgan fingerprint density at radius 3 is 2.76 bits per heavy atom. The van der Waals surface area contributed by atoms with Gasteiger partial charge in [0.15, 0.2) is 10.4 Å². The quantitative estimate of drug-likeness (QED) is 0.653. The van der Waals surface area contributed by atoms with Crippen LogP contribution < -0.4 is 0 Å². The third-order valence-electron chi connectivity index (χ3n) is 2.52. The third kappa shape index (κ3) is 1.83. The van der Waals surface area contributed by atoms with Crippen molar-refractivity contribution < 1.29 is 9.21 Å². The number of thiophene rings is 1. The van der Waals surface area contributed by atoms with E-state index in [1.54, 1.807) is 23.5 Å². The predicted molar refractivity (Wildman–Crippen MR) is 71.7 cm³/mol. The van der Waals surface area contributed by atoms with E-state index >= 15 is 0 Å². The van der Waals surface area contributed by atoms with Crippen molar-refractivity contribution in [2.24, 2.45) is 0 Å². The Bertz CT molecular complexity index is 696. The monoisotopic (exact) mass is 306 g/mol. The molecule has 0 amide bonds. The van der Waals surface area contributed by atoms with Crippen molar-refractivity contribution in [2.45, 2.75) is 0 Å². The molecule has 0 aliphatic rings. The van der Waals surface area contributed by atoms with Crippen LogP contribution in [0, 0.1) is 0 Å². The molecule has 2 heterocycles. The summed E-state index contributed by atoms with van der Waals surface area (Å²) in [5.41, 5.74) is 0.701. The van der Waals surface area contributed by atoms with Crippen LogP contribution in [0.4, 0.5) is 0 Å². The number of carbonyl (C=O) groups excluding carboxylic acids is 1. The largest absolute Gasteiger partial charge is 0.446 e. The van der Waals surface area contributed by atoms with Crippen LogP contribution in [-0.4, -0.2) is 5.78 Å². The number of rotatable bonds is 2. The van der Waals surface area contributed by atoms with Gasteiger partial charge in [0.1, 0.15) is 0 Å². The first-order valence-corrected chi connectivity index (χ1v) is 6.69. The Morgan fingerprint density at radius 2 is 2.00 bits per heavy atom. The molecule has 0 bridgehead atoms. The van der Waals surface area contributed by atoms with Crippen molar-refractivity contribution in [1.29, 1.82) is 0 Å². The van der Waals surface area contributed by atoms with E-state index in [9.17, 15) is 4.79 Å². The van der Waals surface area contributed by atoms with Crippen LogP contribution in [0.3, 0.4) is 0 Å². The molecule has 0 atom stereocenters. The molecular formula is C13H7BrO2S. The lowest BCUT2D eigenvalue weighted by atomic mass is 10.1. The number of benzene rings is 1. The number of carbonyl (C=O) groups is 1. The zero-order valence-electron chi connectivity index (χ0n) is 8.64. The van der Waals surface area contributed by atoms with Gasteiger partial charge in [-0.1, -0.05) is 18.2 Å². The molecule has 3 aromatic rings. The van der Waals surface area contributed by atoms with Crippen LogP contribution in [-0.2, 0) is 0 Å². The van der Waals surface area contributed by atoms with E-state index in [0.29, 0.717) is 16.0 Å². The molecule has 3 rings (SSSR count). The molecule has 4 heteroatoms. The van der Waals surface area contributed by atoms with Crippen LogP contribution in [0.5, 0.6) is 0 Å². The minimum Gasteiger partial charge on any atom is -0.446 e. The fraction of sp³-hybridized carbons (Fsp3) is 0. The van der Waals surface area contributed by atoms with E-state index in [-0.39, 0.29) is 5.78 Å². The van der Waals surface area contributed by atoms with Gasteiger partial charge in [-0.25, -0.2) is 0 Å². The van der Waals surface area contributed by atoms with Crippen molar-refractivity contribution in [2.75, 3.05) is 0 Å². The van der Waals surface area contributed by atoms with E-state index in [0.717, 1.165) is 10.1 Å². The van der Waals surface area contributed by atoms with Gasteiger partial charge in [-0.2, -0.15) is 0 Å². The zero-order chi connectivity index (χ0) is 11.8. The molecule has 17 heavy (non-hydrogen) atoms. The highest BCUT2D eigenvalue weighted by atomic mass is 79.9. The second-order valence-corrected chi connectivity index (χ2v) is 5.27. The summed E-state index contributed by atoms with van der Waals surface area (Å²) in [4.78, 5) is 12.2. The lowest BCUT2D eigenvalue weighted by Gasteiger charge is -1.95. The van der Waals surface area contributed by atoms with Crippen LogP contribution >= 0.6 is 27.3 Å². The second kappa shape index (κ2) is 4.13. The van der Waals surface area contributed by atoms with Gasteiger partial charge in [-0.05, 0) is 34.1 Å². The molecular weight excluding hydrogens is 300 g/mol. The average Bonchev–Trinajstić information content (AvgIpc) is 2.94. The fourth-order valence-electron chi connectivity index (χ4n) is 1.72. The predicted octanol–water partition coefficient (Wildman–Crippen LogP) is 4.49. The molecule has 0 spiro atoms. The zero-order valence-corrected chi connectivity index (χ0v) is 11.0. The smallest absolute Gasteiger partial charge is 0.229 e. The Morgan fingerprint density at radius 1 is 1.18 bits per heavy atom. The van der Waals surface area contributed by atoms with E-state index in [1.807, 2.05) is 29.6 Å². The first kappa shape index (κ1) is 10.7. The Kier molecular flexibility index (Phi) is 2.61.